The zero-order valence-electron chi connectivity index (χ0n) is 20.0. The number of aromatic nitrogens is 4. The maximum Gasteiger partial charge on any atom is 0.261 e. The van der Waals surface area contributed by atoms with Gasteiger partial charge in [0.05, 0.1) is 11.7 Å². The fourth-order valence-electron chi connectivity index (χ4n) is 5.06. The number of benzene rings is 2. The van der Waals surface area contributed by atoms with E-state index in [0.717, 1.165) is 12.8 Å². The van der Waals surface area contributed by atoms with E-state index in [9.17, 15) is 0 Å². The van der Waals surface area contributed by atoms with Crippen molar-refractivity contribution in [2.45, 2.75) is 49.3 Å². The Kier molecular flexibility index (Phi) is 6.98. The molecule has 1 fully saturated rings. The van der Waals surface area contributed by atoms with Gasteiger partial charge in [-0.1, -0.05) is 93.0 Å². The molecule has 3 heterocycles. The van der Waals surface area contributed by atoms with Gasteiger partial charge in [0.25, 0.3) is 8.32 Å². The van der Waals surface area contributed by atoms with Crippen LogP contribution in [0, 0.1) is 0 Å². The van der Waals surface area contributed by atoms with Gasteiger partial charge in [0.2, 0.25) is 5.28 Å². The summed E-state index contributed by atoms with van der Waals surface area (Å²) in [5.74, 6) is 0. The lowest BCUT2D eigenvalue weighted by Gasteiger charge is -2.43. The van der Waals surface area contributed by atoms with E-state index in [0.29, 0.717) is 23.0 Å². The molecule has 1 unspecified atom stereocenters. The monoisotopic (exact) mass is 542 g/mol. The summed E-state index contributed by atoms with van der Waals surface area (Å²) in [5, 5.41) is 3.57. The minimum absolute atomic E-state index is 0.0383. The molecular weight excluding hydrogens is 515 g/mol. The largest absolute Gasteiger partial charge is 0.406 e. The van der Waals surface area contributed by atoms with Gasteiger partial charge in [0.15, 0.2) is 10.8 Å². The summed E-state index contributed by atoms with van der Waals surface area (Å²) >= 11 is 14.2. The molecule has 5 rings (SSSR count). The second kappa shape index (κ2) is 9.86. The van der Waals surface area contributed by atoms with E-state index in [2.05, 4.69) is 101 Å². The molecule has 0 bridgehead atoms. The molecule has 0 N–H and O–H groups in total. The summed E-state index contributed by atoms with van der Waals surface area (Å²) in [6.07, 6.45) is 3.86. The highest BCUT2D eigenvalue weighted by molar-refractivity contribution is 8.00. The molecule has 0 saturated carbocycles. The van der Waals surface area contributed by atoms with Crippen LogP contribution in [0.3, 0.4) is 0 Å². The summed E-state index contributed by atoms with van der Waals surface area (Å²) in [6.45, 7) is 7.63. The van der Waals surface area contributed by atoms with E-state index < -0.39 is 8.32 Å². The van der Waals surface area contributed by atoms with E-state index in [1.807, 2.05) is 11.8 Å². The molecule has 2 aromatic carbocycles. The zero-order chi connectivity index (χ0) is 24.6. The Morgan fingerprint density at radius 1 is 0.971 bits per heavy atom. The van der Waals surface area contributed by atoms with Crippen LogP contribution < -0.4 is 10.4 Å². The lowest BCUT2D eigenvalue weighted by Crippen LogP contribution is -2.67. The van der Waals surface area contributed by atoms with Crippen molar-refractivity contribution in [1.82, 2.24) is 19.5 Å². The van der Waals surface area contributed by atoms with Crippen LogP contribution in [0.5, 0.6) is 0 Å². The molecule has 9 heteroatoms. The van der Waals surface area contributed by atoms with Crippen molar-refractivity contribution in [3.8, 4) is 0 Å². The second-order valence-electron chi connectivity index (χ2n) is 9.87. The number of hydrogen-bond donors (Lipinski definition) is 0. The third-order valence-electron chi connectivity index (χ3n) is 6.65. The SMILES string of the molecule is CC(C)(C)[Si](OC[C@@H]1CCC(n2cnc3c(Cl)nc(Cl)nc32)S1)(c1ccccc1)c1ccccc1. The van der Waals surface area contributed by atoms with Crippen molar-refractivity contribution in [1.29, 1.82) is 0 Å². The van der Waals surface area contributed by atoms with Crippen molar-refractivity contribution < 1.29 is 4.43 Å². The molecule has 0 radical (unpaired) electrons. The van der Waals surface area contributed by atoms with Crippen LogP contribution >= 0.6 is 35.0 Å². The first-order valence-electron chi connectivity index (χ1n) is 11.8. The molecule has 1 aliphatic rings. The number of imidazole rings is 1. The van der Waals surface area contributed by atoms with Crippen LogP contribution in [0.1, 0.15) is 39.0 Å². The minimum Gasteiger partial charge on any atom is -0.406 e. The van der Waals surface area contributed by atoms with Gasteiger partial charge in [-0.05, 0) is 39.9 Å². The Morgan fingerprint density at radius 2 is 1.60 bits per heavy atom. The predicted octanol–water partition coefficient (Wildman–Crippen LogP) is 6.10. The van der Waals surface area contributed by atoms with E-state index >= 15 is 0 Å². The molecule has 4 aromatic rings. The van der Waals surface area contributed by atoms with E-state index in [-0.39, 0.29) is 20.8 Å². The molecule has 1 aliphatic heterocycles. The minimum atomic E-state index is -2.55. The number of thioether (sulfide) groups is 1. The van der Waals surface area contributed by atoms with Crippen molar-refractivity contribution in [2.24, 2.45) is 0 Å². The third kappa shape index (κ3) is 4.65. The Bertz CT molecular complexity index is 1270. The lowest BCUT2D eigenvalue weighted by molar-refractivity contribution is 0.295. The zero-order valence-corrected chi connectivity index (χ0v) is 23.3. The maximum atomic E-state index is 7.17. The molecule has 1 saturated heterocycles. The Balaban J connectivity index is 1.42. The number of nitrogens with zero attached hydrogens (tertiary/aromatic N) is 4. The highest BCUT2D eigenvalue weighted by atomic mass is 35.5. The smallest absolute Gasteiger partial charge is 0.261 e. The van der Waals surface area contributed by atoms with Crippen molar-refractivity contribution in [2.75, 3.05) is 6.61 Å². The van der Waals surface area contributed by atoms with Gasteiger partial charge in [-0.25, -0.2) is 9.97 Å². The summed E-state index contributed by atoms with van der Waals surface area (Å²) < 4.78 is 9.24. The quantitative estimate of drug-likeness (QED) is 0.167. The van der Waals surface area contributed by atoms with Gasteiger partial charge >= 0.3 is 0 Å². The molecule has 5 nitrogen and oxygen atoms in total. The van der Waals surface area contributed by atoms with Gasteiger partial charge in [-0.15, -0.1) is 11.8 Å². The van der Waals surface area contributed by atoms with Gasteiger partial charge in [0, 0.05) is 11.9 Å². The van der Waals surface area contributed by atoms with Crippen LogP contribution in [0.25, 0.3) is 11.2 Å². The molecule has 2 atom stereocenters. The van der Waals surface area contributed by atoms with Gasteiger partial charge in [0.1, 0.15) is 5.52 Å². The average molecular weight is 544 g/mol. The van der Waals surface area contributed by atoms with Crippen LogP contribution in [0.4, 0.5) is 0 Å². The molecule has 35 heavy (non-hydrogen) atoms. The van der Waals surface area contributed by atoms with Gasteiger partial charge < -0.3 is 8.99 Å². The van der Waals surface area contributed by atoms with Crippen LogP contribution in [-0.2, 0) is 4.43 Å². The van der Waals surface area contributed by atoms with Gasteiger partial charge in [-0.2, -0.15) is 4.98 Å². The van der Waals surface area contributed by atoms with Crippen LogP contribution in [-0.4, -0.2) is 39.7 Å². The van der Waals surface area contributed by atoms with Crippen molar-refractivity contribution in [3.63, 3.8) is 0 Å². The molecule has 0 aliphatic carbocycles. The number of halogens is 2. The Labute approximate surface area is 221 Å². The lowest BCUT2D eigenvalue weighted by atomic mass is 10.2. The average Bonchev–Trinajstić information content (AvgIpc) is 3.47. The van der Waals surface area contributed by atoms with Crippen LogP contribution in [0.15, 0.2) is 67.0 Å². The highest BCUT2D eigenvalue weighted by Crippen LogP contribution is 2.44. The fraction of sp³-hybridized carbons (Fsp3) is 0.346. The molecule has 2 aromatic heterocycles. The molecular formula is C26H28Cl2N4OSSi. The third-order valence-corrected chi connectivity index (χ3v) is 13.6. The summed E-state index contributed by atoms with van der Waals surface area (Å²) in [5.41, 5.74) is 1.27. The van der Waals surface area contributed by atoms with Crippen LogP contribution in [0.2, 0.25) is 15.5 Å². The highest BCUT2D eigenvalue weighted by Gasteiger charge is 2.50. The first-order chi connectivity index (χ1) is 16.8. The van der Waals surface area contributed by atoms with Gasteiger partial charge in [-0.3, -0.25) is 0 Å². The Hall–Kier alpha value is -1.90. The number of hydrogen-bond acceptors (Lipinski definition) is 5. The standard InChI is InChI=1S/C26H28Cl2N4OSSi/c1-26(2,3)35(19-10-6-4-7-11-19,20-12-8-5-9-13-20)33-16-18-14-15-21(34-18)32-17-29-22-23(27)30-25(28)31-24(22)32/h4-13,17-18,21H,14-16H2,1-3H3/t18-,21?/m0/s1. The topological polar surface area (TPSA) is 52.8 Å². The number of fused-ring (bicyclic) bond motifs is 1. The Morgan fingerprint density at radius 3 is 2.20 bits per heavy atom. The molecule has 0 amide bonds. The maximum absolute atomic E-state index is 7.17. The fourth-order valence-corrected chi connectivity index (χ4v) is 11.6. The predicted molar refractivity (Wildman–Crippen MR) is 149 cm³/mol. The number of rotatable bonds is 6. The van der Waals surface area contributed by atoms with E-state index in [4.69, 9.17) is 27.6 Å². The molecule has 182 valence electrons. The van der Waals surface area contributed by atoms with E-state index in [1.54, 1.807) is 6.33 Å². The molecule has 0 spiro atoms. The summed E-state index contributed by atoms with van der Waals surface area (Å²) in [4.78, 5) is 12.8. The summed E-state index contributed by atoms with van der Waals surface area (Å²) in [6, 6.07) is 21.6. The first kappa shape index (κ1) is 24.8. The second-order valence-corrected chi connectivity index (χ2v) is 16.4. The van der Waals surface area contributed by atoms with Crippen molar-refractivity contribution in [3.05, 3.63) is 77.4 Å². The summed E-state index contributed by atoms with van der Waals surface area (Å²) in [7, 11) is -2.55. The first-order valence-corrected chi connectivity index (χ1v) is 15.4. The normalized spacial score (nSPS) is 18.9. The van der Waals surface area contributed by atoms with Crippen molar-refractivity contribution >= 4 is 64.8 Å². The van der Waals surface area contributed by atoms with E-state index in [1.165, 1.54) is 10.4 Å².